The van der Waals surface area contributed by atoms with Gasteiger partial charge in [-0.25, -0.2) is 4.39 Å². The van der Waals surface area contributed by atoms with Crippen LogP contribution < -0.4 is 10.5 Å². The molecule has 0 heterocycles. The highest BCUT2D eigenvalue weighted by Crippen LogP contribution is 2.26. The fraction of sp³-hybridized carbons (Fsp3) is 0.333. The summed E-state index contributed by atoms with van der Waals surface area (Å²) in [5, 5.41) is 9.14. The maximum Gasteiger partial charge on any atom is 0.168 e. The fourth-order valence-electron chi connectivity index (χ4n) is 1.09. The Bertz CT molecular complexity index is 302. The number of hydrogen-bond donors (Lipinski definition) is 2. The highest BCUT2D eigenvalue weighted by Gasteiger charge is 2.09. The third-order valence-electron chi connectivity index (χ3n) is 1.75. The van der Waals surface area contributed by atoms with Gasteiger partial charge in [0.15, 0.2) is 11.6 Å². The molecular weight excluding hydrogens is 173 g/mol. The van der Waals surface area contributed by atoms with Crippen LogP contribution in [0.15, 0.2) is 12.1 Å². The number of aromatic hydroxyl groups is 1. The quantitative estimate of drug-likeness (QED) is 0.739. The van der Waals surface area contributed by atoms with Crippen molar-refractivity contribution in [3.63, 3.8) is 0 Å². The minimum absolute atomic E-state index is 0.337. The van der Waals surface area contributed by atoms with Gasteiger partial charge in [0.2, 0.25) is 0 Å². The summed E-state index contributed by atoms with van der Waals surface area (Å²) in [5.41, 5.74) is 5.66. The van der Waals surface area contributed by atoms with Crippen molar-refractivity contribution in [2.75, 3.05) is 13.7 Å². The lowest BCUT2D eigenvalue weighted by Gasteiger charge is -2.06. The van der Waals surface area contributed by atoms with Gasteiger partial charge in [0.1, 0.15) is 5.75 Å². The van der Waals surface area contributed by atoms with E-state index in [0.29, 0.717) is 24.3 Å². The molecule has 13 heavy (non-hydrogen) atoms. The average Bonchev–Trinajstić information content (AvgIpc) is 2.13. The molecule has 1 aromatic carbocycles. The predicted octanol–water partition coefficient (Wildman–Crippen LogP) is 1.04. The first-order valence-corrected chi connectivity index (χ1v) is 3.94. The number of halogens is 1. The first-order valence-electron chi connectivity index (χ1n) is 3.94. The van der Waals surface area contributed by atoms with E-state index in [0.717, 1.165) is 0 Å². The molecule has 0 bridgehead atoms. The van der Waals surface area contributed by atoms with Crippen LogP contribution in [0.3, 0.4) is 0 Å². The minimum atomic E-state index is -0.619. The molecule has 4 heteroatoms. The number of benzene rings is 1. The molecule has 0 saturated carbocycles. The molecule has 0 aliphatic rings. The summed E-state index contributed by atoms with van der Waals surface area (Å²) in [7, 11) is 1.46. The topological polar surface area (TPSA) is 55.5 Å². The Morgan fingerprint density at radius 3 is 2.77 bits per heavy atom. The third kappa shape index (κ3) is 2.09. The van der Waals surface area contributed by atoms with Crippen molar-refractivity contribution in [3.05, 3.63) is 23.5 Å². The van der Waals surface area contributed by atoms with E-state index in [4.69, 9.17) is 15.6 Å². The number of phenols is 1. The lowest BCUT2D eigenvalue weighted by molar-refractivity contribution is 0.394. The molecular formula is C9H12FNO2. The summed E-state index contributed by atoms with van der Waals surface area (Å²) >= 11 is 0. The number of nitrogens with two attached hydrogens (primary N) is 1. The summed E-state index contributed by atoms with van der Waals surface area (Å²) in [6.45, 7) is 0.337. The van der Waals surface area contributed by atoms with Crippen molar-refractivity contribution < 1.29 is 14.2 Å². The second-order valence-corrected chi connectivity index (χ2v) is 2.66. The van der Waals surface area contributed by atoms with Gasteiger partial charge in [-0.05, 0) is 24.6 Å². The first kappa shape index (κ1) is 9.80. The van der Waals surface area contributed by atoms with Crippen LogP contribution in [-0.2, 0) is 6.42 Å². The Morgan fingerprint density at radius 2 is 2.23 bits per heavy atom. The second-order valence-electron chi connectivity index (χ2n) is 2.66. The van der Waals surface area contributed by atoms with Gasteiger partial charge >= 0.3 is 0 Å². The summed E-state index contributed by atoms with van der Waals surface area (Å²) < 4.78 is 18.0. The van der Waals surface area contributed by atoms with Crippen LogP contribution in [0, 0.1) is 5.82 Å². The highest BCUT2D eigenvalue weighted by atomic mass is 19.1. The van der Waals surface area contributed by atoms with Crippen LogP contribution in [0.5, 0.6) is 11.5 Å². The summed E-state index contributed by atoms with van der Waals surface area (Å²) in [6, 6.07) is 2.76. The Hall–Kier alpha value is -1.29. The van der Waals surface area contributed by atoms with Crippen molar-refractivity contribution in [1.82, 2.24) is 0 Å². The maximum absolute atomic E-state index is 13.1. The maximum atomic E-state index is 13.1. The van der Waals surface area contributed by atoms with Crippen LogP contribution >= 0.6 is 0 Å². The van der Waals surface area contributed by atoms with E-state index in [1.807, 2.05) is 0 Å². The molecule has 0 unspecified atom stereocenters. The molecule has 0 fully saturated rings. The average molecular weight is 185 g/mol. The fourth-order valence-corrected chi connectivity index (χ4v) is 1.09. The zero-order valence-electron chi connectivity index (χ0n) is 7.38. The second kappa shape index (κ2) is 4.09. The van der Waals surface area contributed by atoms with Crippen LogP contribution in [0.1, 0.15) is 5.56 Å². The lowest BCUT2D eigenvalue weighted by Crippen LogP contribution is -2.04. The number of hydrogen-bond acceptors (Lipinski definition) is 3. The Morgan fingerprint density at radius 1 is 1.54 bits per heavy atom. The molecule has 0 spiro atoms. The van der Waals surface area contributed by atoms with E-state index in [-0.39, 0.29) is 0 Å². The lowest BCUT2D eigenvalue weighted by atomic mass is 10.1. The molecule has 0 atom stereocenters. The summed E-state index contributed by atoms with van der Waals surface area (Å²) in [5.74, 6) is -0.587. The summed E-state index contributed by atoms with van der Waals surface area (Å²) in [6.07, 6.45) is 0.386. The number of methoxy groups -OCH3 is 1. The molecule has 0 amide bonds. The largest absolute Gasteiger partial charge is 0.505 e. The van der Waals surface area contributed by atoms with E-state index in [1.54, 1.807) is 0 Å². The molecule has 0 aliphatic carbocycles. The van der Waals surface area contributed by atoms with Gasteiger partial charge in [-0.2, -0.15) is 0 Å². The van der Waals surface area contributed by atoms with Crippen molar-refractivity contribution >= 4 is 0 Å². The SMILES string of the molecule is COc1cc(O)c(F)c(CCN)c1. The molecule has 72 valence electrons. The molecule has 0 radical (unpaired) electrons. The Labute approximate surface area is 75.9 Å². The van der Waals surface area contributed by atoms with Crippen molar-refractivity contribution in [1.29, 1.82) is 0 Å². The minimum Gasteiger partial charge on any atom is -0.505 e. The molecule has 1 rings (SSSR count). The van der Waals surface area contributed by atoms with E-state index in [9.17, 15) is 4.39 Å². The summed E-state index contributed by atoms with van der Waals surface area (Å²) in [4.78, 5) is 0. The first-order chi connectivity index (χ1) is 6.19. The molecule has 1 aromatic rings. The van der Waals surface area contributed by atoms with Crippen LogP contribution in [0.25, 0.3) is 0 Å². The van der Waals surface area contributed by atoms with Crippen LogP contribution in [-0.4, -0.2) is 18.8 Å². The molecule has 0 aliphatic heterocycles. The predicted molar refractivity (Wildman–Crippen MR) is 47.4 cm³/mol. The zero-order valence-corrected chi connectivity index (χ0v) is 7.38. The normalized spacial score (nSPS) is 10.1. The highest BCUT2D eigenvalue weighted by molar-refractivity contribution is 5.39. The Kier molecular flexibility index (Phi) is 3.08. The van der Waals surface area contributed by atoms with E-state index >= 15 is 0 Å². The van der Waals surface area contributed by atoms with Gasteiger partial charge in [0.25, 0.3) is 0 Å². The molecule has 3 N–H and O–H groups in total. The van der Waals surface area contributed by atoms with E-state index < -0.39 is 11.6 Å². The number of phenolic OH excluding ortho intramolecular Hbond substituents is 1. The van der Waals surface area contributed by atoms with Gasteiger partial charge in [-0.3, -0.25) is 0 Å². The van der Waals surface area contributed by atoms with E-state index in [1.165, 1.54) is 19.2 Å². The monoisotopic (exact) mass is 185 g/mol. The van der Waals surface area contributed by atoms with Gasteiger partial charge in [0.05, 0.1) is 7.11 Å². The van der Waals surface area contributed by atoms with Crippen LogP contribution in [0.4, 0.5) is 4.39 Å². The number of ether oxygens (including phenoxy) is 1. The Balaban J connectivity index is 3.09. The molecule has 3 nitrogen and oxygen atoms in total. The van der Waals surface area contributed by atoms with Gasteiger partial charge in [-0.15, -0.1) is 0 Å². The zero-order chi connectivity index (χ0) is 9.84. The standard InChI is InChI=1S/C9H12FNO2/c1-13-7-4-6(2-3-11)9(10)8(12)5-7/h4-5,12H,2-3,11H2,1H3. The van der Waals surface area contributed by atoms with Crippen molar-refractivity contribution in [2.24, 2.45) is 5.73 Å². The van der Waals surface area contributed by atoms with Gasteiger partial charge in [0, 0.05) is 6.07 Å². The smallest absolute Gasteiger partial charge is 0.168 e. The van der Waals surface area contributed by atoms with E-state index in [2.05, 4.69) is 0 Å². The van der Waals surface area contributed by atoms with Gasteiger partial charge in [-0.1, -0.05) is 0 Å². The third-order valence-corrected chi connectivity index (χ3v) is 1.75. The molecule has 0 aromatic heterocycles. The van der Waals surface area contributed by atoms with Crippen molar-refractivity contribution in [3.8, 4) is 11.5 Å². The van der Waals surface area contributed by atoms with Crippen molar-refractivity contribution in [2.45, 2.75) is 6.42 Å². The number of rotatable bonds is 3. The van der Waals surface area contributed by atoms with Gasteiger partial charge < -0.3 is 15.6 Å². The molecule has 0 saturated heterocycles. The van der Waals surface area contributed by atoms with Crippen LogP contribution in [0.2, 0.25) is 0 Å².